The van der Waals surface area contributed by atoms with Crippen molar-refractivity contribution in [1.82, 2.24) is 15.4 Å². The topological polar surface area (TPSA) is 50.5 Å². The molecule has 0 aromatic carbocycles. The molecule has 2 rings (SSSR count). The first-order chi connectivity index (χ1) is 8.33. The van der Waals surface area contributed by atoms with E-state index < -0.39 is 0 Å². The maximum absolute atomic E-state index is 5.49. The molecule has 0 saturated carbocycles. The average Bonchev–Trinajstić information content (AvgIpc) is 2.78. The Morgan fingerprint density at radius 3 is 3.24 bits per heavy atom. The lowest BCUT2D eigenvalue weighted by Crippen LogP contribution is -2.44. The minimum absolute atomic E-state index is 0.501. The quantitative estimate of drug-likeness (QED) is 0.831. The van der Waals surface area contributed by atoms with Crippen LogP contribution in [0.1, 0.15) is 24.8 Å². The summed E-state index contributed by atoms with van der Waals surface area (Å²) in [4.78, 5) is 2.41. The first-order valence-electron chi connectivity index (χ1n) is 6.24. The normalized spacial score (nSPS) is 21.9. The van der Waals surface area contributed by atoms with Crippen molar-refractivity contribution in [2.45, 2.75) is 32.5 Å². The smallest absolute Gasteiger partial charge is 0.151 e. The third-order valence-electron chi connectivity index (χ3n) is 3.15. The summed E-state index contributed by atoms with van der Waals surface area (Å²) < 4.78 is 10.8. The summed E-state index contributed by atoms with van der Waals surface area (Å²) in [7, 11) is 1.91. The van der Waals surface area contributed by atoms with E-state index in [2.05, 4.69) is 22.3 Å². The average molecular weight is 239 g/mol. The van der Waals surface area contributed by atoms with E-state index in [1.54, 1.807) is 0 Å². The highest BCUT2D eigenvalue weighted by molar-refractivity contribution is 5.05. The highest BCUT2D eigenvalue weighted by Crippen LogP contribution is 2.15. The lowest BCUT2D eigenvalue weighted by Gasteiger charge is -2.34. The summed E-state index contributed by atoms with van der Waals surface area (Å²) in [5.41, 5.74) is 0.962. The van der Waals surface area contributed by atoms with Gasteiger partial charge in [-0.2, -0.15) is 0 Å². The molecule has 5 heteroatoms. The number of aromatic nitrogens is 1. The Kier molecular flexibility index (Phi) is 4.53. The molecular weight excluding hydrogens is 218 g/mol. The van der Waals surface area contributed by atoms with E-state index in [-0.39, 0.29) is 0 Å². The second kappa shape index (κ2) is 6.14. The molecule has 1 aromatic rings. The van der Waals surface area contributed by atoms with Crippen molar-refractivity contribution in [3.8, 4) is 0 Å². The van der Waals surface area contributed by atoms with Crippen LogP contribution in [-0.4, -0.2) is 42.9 Å². The van der Waals surface area contributed by atoms with Gasteiger partial charge in [0.1, 0.15) is 0 Å². The van der Waals surface area contributed by atoms with Crippen molar-refractivity contribution >= 4 is 0 Å². The van der Waals surface area contributed by atoms with Gasteiger partial charge >= 0.3 is 0 Å². The van der Waals surface area contributed by atoms with Crippen LogP contribution in [0.4, 0.5) is 0 Å². The van der Waals surface area contributed by atoms with Gasteiger partial charge in [-0.15, -0.1) is 0 Å². The Bertz CT molecular complexity index is 340. The van der Waals surface area contributed by atoms with Crippen LogP contribution in [0.15, 0.2) is 10.6 Å². The maximum Gasteiger partial charge on any atom is 0.151 e. The fourth-order valence-corrected chi connectivity index (χ4v) is 2.17. The first-order valence-corrected chi connectivity index (χ1v) is 6.24. The minimum atomic E-state index is 0.501. The van der Waals surface area contributed by atoms with E-state index in [1.165, 1.54) is 0 Å². The highest BCUT2D eigenvalue weighted by Gasteiger charge is 2.22. The zero-order valence-electron chi connectivity index (χ0n) is 10.6. The zero-order valence-corrected chi connectivity index (χ0v) is 10.6. The van der Waals surface area contributed by atoms with Gasteiger partial charge in [-0.25, -0.2) is 0 Å². The van der Waals surface area contributed by atoms with Gasteiger partial charge in [-0.05, 0) is 13.5 Å². The lowest BCUT2D eigenvalue weighted by molar-refractivity contribution is -0.0160. The monoisotopic (exact) mass is 239 g/mol. The molecule has 0 aliphatic carbocycles. The summed E-state index contributed by atoms with van der Waals surface area (Å²) in [6.07, 6.45) is 1.11. The van der Waals surface area contributed by atoms with E-state index in [0.717, 1.165) is 50.7 Å². The summed E-state index contributed by atoms with van der Waals surface area (Å²) in [5, 5.41) is 7.09. The van der Waals surface area contributed by atoms with Crippen molar-refractivity contribution in [3.05, 3.63) is 17.5 Å². The largest absolute Gasteiger partial charge is 0.378 e. The third-order valence-corrected chi connectivity index (χ3v) is 3.15. The van der Waals surface area contributed by atoms with Crippen molar-refractivity contribution in [1.29, 1.82) is 0 Å². The van der Waals surface area contributed by atoms with Gasteiger partial charge in [-0.1, -0.05) is 12.1 Å². The number of ether oxygens (including phenoxy) is 1. The van der Waals surface area contributed by atoms with Crippen LogP contribution in [0.25, 0.3) is 0 Å². The fourth-order valence-electron chi connectivity index (χ4n) is 2.17. The van der Waals surface area contributed by atoms with E-state index in [9.17, 15) is 0 Å². The molecule has 1 N–H and O–H groups in total. The van der Waals surface area contributed by atoms with Gasteiger partial charge in [0.15, 0.2) is 5.76 Å². The fraction of sp³-hybridized carbons (Fsp3) is 0.750. The number of hydrogen-bond acceptors (Lipinski definition) is 5. The standard InChI is InChI=1S/C12H21N3O2/c1-3-11-9-16-5-4-15(11)8-12-6-10(7-13-2)14-17-12/h6,11,13H,3-5,7-9H2,1-2H3. The second-order valence-electron chi connectivity index (χ2n) is 4.42. The van der Waals surface area contributed by atoms with E-state index in [4.69, 9.17) is 9.26 Å². The molecule has 96 valence electrons. The van der Waals surface area contributed by atoms with Gasteiger partial charge in [0.25, 0.3) is 0 Å². The van der Waals surface area contributed by atoms with Gasteiger partial charge in [-0.3, -0.25) is 4.90 Å². The summed E-state index contributed by atoms with van der Waals surface area (Å²) >= 11 is 0. The molecule has 1 atom stereocenters. The molecule has 0 spiro atoms. The molecule has 1 unspecified atom stereocenters. The van der Waals surface area contributed by atoms with Gasteiger partial charge in [0.2, 0.25) is 0 Å². The van der Waals surface area contributed by atoms with Crippen molar-refractivity contribution in [2.24, 2.45) is 0 Å². The van der Waals surface area contributed by atoms with Gasteiger partial charge in [0, 0.05) is 25.2 Å². The van der Waals surface area contributed by atoms with Crippen LogP contribution in [-0.2, 0) is 17.8 Å². The molecule has 1 fully saturated rings. The van der Waals surface area contributed by atoms with Crippen molar-refractivity contribution < 1.29 is 9.26 Å². The Hall–Kier alpha value is -0.910. The lowest BCUT2D eigenvalue weighted by atomic mass is 10.1. The molecule has 1 aliphatic heterocycles. The Labute approximate surface area is 102 Å². The Morgan fingerprint density at radius 2 is 2.47 bits per heavy atom. The van der Waals surface area contributed by atoms with Crippen LogP contribution in [0.2, 0.25) is 0 Å². The van der Waals surface area contributed by atoms with Crippen LogP contribution < -0.4 is 5.32 Å². The zero-order chi connectivity index (χ0) is 12.1. The van der Waals surface area contributed by atoms with Crippen LogP contribution in [0.5, 0.6) is 0 Å². The Morgan fingerprint density at radius 1 is 1.59 bits per heavy atom. The van der Waals surface area contributed by atoms with Crippen molar-refractivity contribution in [3.63, 3.8) is 0 Å². The number of nitrogens with one attached hydrogen (secondary N) is 1. The van der Waals surface area contributed by atoms with Gasteiger partial charge in [0.05, 0.1) is 25.5 Å². The third kappa shape index (κ3) is 3.28. The molecule has 2 heterocycles. The van der Waals surface area contributed by atoms with Crippen molar-refractivity contribution in [2.75, 3.05) is 26.8 Å². The number of hydrogen-bond donors (Lipinski definition) is 1. The molecule has 5 nitrogen and oxygen atoms in total. The summed E-state index contributed by atoms with van der Waals surface area (Å²) in [5.74, 6) is 0.940. The van der Waals surface area contributed by atoms with E-state index >= 15 is 0 Å². The molecule has 1 saturated heterocycles. The molecule has 1 aromatic heterocycles. The summed E-state index contributed by atoms with van der Waals surface area (Å²) in [6, 6.07) is 2.53. The molecule has 1 aliphatic rings. The van der Waals surface area contributed by atoms with Crippen LogP contribution in [0.3, 0.4) is 0 Å². The van der Waals surface area contributed by atoms with Crippen LogP contribution in [0, 0.1) is 0 Å². The van der Waals surface area contributed by atoms with Crippen LogP contribution >= 0.6 is 0 Å². The molecule has 0 radical (unpaired) electrons. The first kappa shape index (κ1) is 12.5. The molecular formula is C12H21N3O2. The molecule has 17 heavy (non-hydrogen) atoms. The SMILES string of the molecule is CCC1COCCN1Cc1cc(CNC)no1. The number of morpholine rings is 1. The van der Waals surface area contributed by atoms with Gasteiger partial charge < -0.3 is 14.6 Å². The number of rotatable bonds is 5. The predicted octanol–water partition coefficient (Wildman–Crippen LogP) is 1.00. The van der Waals surface area contributed by atoms with E-state index in [0.29, 0.717) is 6.04 Å². The molecule has 0 amide bonds. The maximum atomic E-state index is 5.49. The predicted molar refractivity (Wildman–Crippen MR) is 64.6 cm³/mol. The second-order valence-corrected chi connectivity index (χ2v) is 4.42. The minimum Gasteiger partial charge on any atom is -0.378 e. The van der Waals surface area contributed by atoms with E-state index in [1.807, 2.05) is 13.1 Å². The highest BCUT2D eigenvalue weighted by atomic mass is 16.5. The summed E-state index contributed by atoms with van der Waals surface area (Å²) in [6.45, 7) is 6.39. The molecule has 0 bridgehead atoms. The number of nitrogens with zero attached hydrogens (tertiary/aromatic N) is 2. The Balaban J connectivity index is 1.93.